The third-order valence-corrected chi connectivity index (χ3v) is 3.75. The number of aryl methyl sites for hydroxylation is 2. The minimum absolute atomic E-state index is 0.107. The van der Waals surface area contributed by atoms with E-state index in [1.54, 1.807) is 12.1 Å². The number of hydrogen-bond donors (Lipinski definition) is 3. The zero-order valence-electron chi connectivity index (χ0n) is 12.1. The maximum absolute atomic E-state index is 11.9. The number of H-pyrrole nitrogens is 1. The van der Waals surface area contributed by atoms with Crippen molar-refractivity contribution in [3.05, 3.63) is 34.8 Å². The fraction of sp³-hybridized carbons (Fsp3) is 0.400. The standard InChI is InChI=1S/C15H18N4O2/c1-3-4-10-13-9(7-12(21)17-15(13)19-18-10)14-11(20)6-5-8(2)16-14/h5-6,9,20H,3-4,7H2,1-2H3,(H2,17,18,19,21). The Morgan fingerprint density at radius 1 is 1.43 bits per heavy atom. The van der Waals surface area contributed by atoms with E-state index in [0.29, 0.717) is 11.5 Å². The normalized spacial score (nSPS) is 17.4. The molecule has 21 heavy (non-hydrogen) atoms. The van der Waals surface area contributed by atoms with Crippen LogP contribution in [0.25, 0.3) is 0 Å². The SMILES string of the molecule is CCCc1[nH]nc2c1C(c1nc(C)ccc1O)CC(=O)N2. The van der Waals surface area contributed by atoms with Crippen molar-refractivity contribution in [1.29, 1.82) is 0 Å². The van der Waals surface area contributed by atoms with Crippen molar-refractivity contribution < 1.29 is 9.90 Å². The van der Waals surface area contributed by atoms with Gasteiger partial charge in [-0.25, -0.2) is 0 Å². The van der Waals surface area contributed by atoms with Crippen LogP contribution in [0.4, 0.5) is 5.82 Å². The van der Waals surface area contributed by atoms with Crippen LogP contribution in [-0.2, 0) is 11.2 Å². The van der Waals surface area contributed by atoms with E-state index in [9.17, 15) is 9.90 Å². The second kappa shape index (κ2) is 5.20. The zero-order valence-corrected chi connectivity index (χ0v) is 12.1. The average Bonchev–Trinajstić information content (AvgIpc) is 2.84. The summed E-state index contributed by atoms with van der Waals surface area (Å²) in [7, 11) is 0. The average molecular weight is 286 g/mol. The highest BCUT2D eigenvalue weighted by atomic mass is 16.3. The largest absolute Gasteiger partial charge is 0.506 e. The van der Waals surface area contributed by atoms with Crippen molar-refractivity contribution in [3.63, 3.8) is 0 Å². The van der Waals surface area contributed by atoms with Crippen LogP contribution in [0.15, 0.2) is 12.1 Å². The maximum atomic E-state index is 11.9. The van der Waals surface area contributed by atoms with Crippen LogP contribution in [0, 0.1) is 6.92 Å². The number of carbonyl (C=O) groups is 1. The molecule has 3 N–H and O–H groups in total. The van der Waals surface area contributed by atoms with E-state index in [2.05, 4.69) is 27.4 Å². The molecule has 1 aliphatic rings. The van der Waals surface area contributed by atoms with Gasteiger partial charge >= 0.3 is 0 Å². The van der Waals surface area contributed by atoms with E-state index >= 15 is 0 Å². The number of rotatable bonds is 3. The number of nitrogens with zero attached hydrogens (tertiary/aromatic N) is 2. The van der Waals surface area contributed by atoms with Gasteiger partial charge in [0.25, 0.3) is 0 Å². The number of pyridine rings is 1. The third kappa shape index (κ3) is 2.37. The monoisotopic (exact) mass is 286 g/mol. The molecule has 0 bridgehead atoms. The van der Waals surface area contributed by atoms with E-state index in [0.717, 1.165) is 29.8 Å². The highest BCUT2D eigenvalue weighted by Crippen LogP contribution is 2.40. The molecule has 0 radical (unpaired) electrons. The zero-order chi connectivity index (χ0) is 15.0. The first kappa shape index (κ1) is 13.6. The first-order chi connectivity index (χ1) is 10.1. The molecule has 0 spiro atoms. The van der Waals surface area contributed by atoms with Gasteiger partial charge in [-0.3, -0.25) is 14.9 Å². The molecule has 2 aromatic heterocycles. The minimum atomic E-state index is -0.256. The number of aromatic nitrogens is 3. The predicted octanol–water partition coefficient (Wildman–Crippen LogP) is 2.25. The van der Waals surface area contributed by atoms with E-state index in [4.69, 9.17) is 0 Å². The summed E-state index contributed by atoms with van der Waals surface area (Å²) in [6.07, 6.45) is 2.09. The summed E-state index contributed by atoms with van der Waals surface area (Å²) in [5.41, 5.74) is 3.31. The smallest absolute Gasteiger partial charge is 0.226 e. The van der Waals surface area contributed by atoms with Crippen molar-refractivity contribution in [1.82, 2.24) is 15.2 Å². The number of nitrogens with one attached hydrogen (secondary N) is 2. The van der Waals surface area contributed by atoms with E-state index in [-0.39, 0.29) is 24.0 Å². The quantitative estimate of drug-likeness (QED) is 0.807. The molecule has 6 nitrogen and oxygen atoms in total. The molecule has 0 aliphatic carbocycles. The molecular weight excluding hydrogens is 268 g/mol. The van der Waals surface area contributed by atoms with Gasteiger partial charge in [0.2, 0.25) is 5.91 Å². The highest BCUT2D eigenvalue weighted by molar-refractivity contribution is 5.94. The van der Waals surface area contributed by atoms with Gasteiger partial charge in [-0.15, -0.1) is 0 Å². The van der Waals surface area contributed by atoms with Gasteiger partial charge in [-0.05, 0) is 25.5 Å². The van der Waals surface area contributed by atoms with Crippen LogP contribution in [0.1, 0.15) is 48.3 Å². The Bertz CT molecular complexity index is 693. The van der Waals surface area contributed by atoms with Gasteiger partial charge in [-0.1, -0.05) is 13.3 Å². The van der Waals surface area contributed by atoms with Crippen molar-refractivity contribution in [2.75, 3.05) is 5.32 Å². The first-order valence-electron chi connectivity index (χ1n) is 7.13. The molecule has 1 atom stereocenters. The fourth-order valence-electron chi connectivity index (χ4n) is 2.83. The van der Waals surface area contributed by atoms with Gasteiger partial charge in [-0.2, -0.15) is 5.10 Å². The van der Waals surface area contributed by atoms with E-state index < -0.39 is 0 Å². The number of aromatic amines is 1. The summed E-state index contributed by atoms with van der Waals surface area (Å²) in [5, 5.41) is 20.1. The molecule has 0 aromatic carbocycles. The molecule has 110 valence electrons. The van der Waals surface area contributed by atoms with Crippen LogP contribution in [0.5, 0.6) is 5.75 Å². The second-order valence-corrected chi connectivity index (χ2v) is 5.38. The second-order valence-electron chi connectivity index (χ2n) is 5.38. The maximum Gasteiger partial charge on any atom is 0.226 e. The van der Waals surface area contributed by atoms with Crippen LogP contribution in [-0.4, -0.2) is 26.2 Å². The summed E-state index contributed by atoms with van der Waals surface area (Å²) < 4.78 is 0. The molecule has 1 amide bonds. The Balaban J connectivity index is 2.13. The molecule has 3 rings (SSSR count). The topological polar surface area (TPSA) is 90.9 Å². The summed E-state index contributed by atoms with van der Waals surface area (Å²) in [6.45, 7) is 3.96. The molecule has 2 aromatic rings. The van der Waals surface area contributed by atoms with Crippen molar-refractivity contribution in [2.24, 2.45) is 0 Å². The summed E-state index contributed by atoms with van der Waals surface area (Å²) in [6, 6.07) is 3.38. The van der Waals surface area contributed by atoms with Crippen LogP contribution >= 0.6 is 0 Å². The number of amides is 1. The molecule has 0 saturated heterocycles. The Labute approximate surface area is 122 Å². The van der Waals surface area contributed by atoms with E-state index in [1.807, 2.05) is 6.92 Å². The molecule has 0 fully saturated rings. The van der Waals surface area contributed by atoms with Crippen molar-refractivity contribution in [3.8, 4) is 5.75 Å². The first-order valence-corrected chi connectivity index (χ1v) is 7.13. The summed E-state index contributed by atoms with van der Waals surface area (Å²) in [4.78, 5) is 16.3. The predicted molar refractivity (Wildman–Crippen MR) is 78.3 cm³/mol. The van der Waals surface area contributed by atoms with Gasteiger partial charge in [0.05, 0.1) is 5.69 Å². The van der Waals surface area contributed by atoms with Crippen LogP contribution in [0.3, 0.4) is 0 Å². The number of hydrogen-bond acceptors (Lipinski definition) is 4. The van der Waals surface area contributed by atoms with Crippen molar-refractivity contribution >= 4 is 11.7 Å². The lowest BCUT2D eigenvalue weighted by Crippen LogP contribution is -2.24. The lowest BCUT2D eigenvalue weighted by Gasteiger charge is -2.23. The lowest BCUT2D eigenvalue weighted by atomic mass is 9.87. The summed E-state index contributed by atoms with van der Waals surface area (Å²) >= 11 is 0. The third-order valence-electron chi connectivity index (χ3n) is 3.75. The van der Waals surface area contributed by atoms with Crippen LogP contribution in [0.2, 0.25) is 0 Å². The van der Waals surface area contributed by atoms with E-state index in [1.165, 1.54) is 0 Å². The molecule has 0 saturated carbocycles. The highest BCUT2D eigenvalue weighted by Gasteiger charge is 2.33. The lowest BCUT2D eigenvalue weighted by molar-refractivity contribution is -0.116. The van der Waals surface area contributed by atoms with Gasteiger partial charge in [0.1, 0.15) is 5.75 Å². The molecular formula is C15H18N4O2. The number of fused-ring (bicyclic) bond motifs is 1. The van der Waals surface area contributed by atoms with Crippen molar-refractivity contribution in [2.45, 2.75) is 39.0 Å². The molecule has 3 heterocycles. The molecule has 1 unspecified atom stereocenters. The van der Waals surface area contributed by atoms with Gasteiger partial charge in [0, 0.05) is 29.3 Å². The summed E-state index contributed by atoms with van der Waals surface area (Å²) in [5.74, 6) is 0.316. The number of carbonyl (C=O) groups excluding carboxylic acids is 1. The molecule has 6 heteroatoms. The van der Waals surface area contributed by atoms with Gasteiger partial charge in [0.15, 0.2) is 5.82 Å². The number of aromatic hydroxyl groups is 1. The van der Waals surface area contributed by atoms with Gasteiger partial charge < -0.3 is 10.4 Å². The fourth-order valence-corrected chi connectivity index (χ4v) is 2.83. The molecule has 1 aliphatic heterocycles. The Morgan fingerprint density at radius 3 is 3.00 bits per heavy atom. The number of anilines is 1. The minimum Gasteiger partial charge on any atom is -0.506 e. The Hall–Kier alpha value is -2.37. The Morgan fingerprint density at radius 2 is 2.24 bits per heavy atom. The van der Waals surface area contributed by atoms with Crippen LogP contribution < -0.4 is 5.32 Å². The Kier molecular flexibility index (Phi) is 3.37.